The van der Waals surface area contributed by atoms with E-state index in [-0.39, 0.29) is 11.1 Å². The Morgan fingerprint density at radius 2 is 2.32 bits per heavy atom. The first-order valence-corrected chi connectivity index (χ1v) is 6.64. The van der Waals surface area contributed by atoms with Crippen LogP contribution in [0.2, 0.25) is 0 Å². The molecule has 1 amide bonds. The summed E-state index contributed by atoms with van der Waals surface area (Å²) in [5.74, 6) is -0.424. The van der Waals surface area contributed by atoms with Crippen LogP contribution < -0.4 is 10.9 Å². The fourth-order valence-corrected chi connectivity index (χ4v) is 2.60. The maximum absolute atomic E-state index is 12.1. The van der Waals surface area contributed by atoms with Crippen LogP contribution in [0.25, 0.3) is 0 Å². The monoisotopic (exact) mass is 283 g/mol. The smallest absolute Gasteiger partial charge is 0.328 e. The third kappa shape index (κ3) is 2.62. The molecule has 1 atom stereocenters. The normalized spacial score (nSPS) is 14.6. The number of aromatic nitrogens is 2. The summed E-state index contributed by atoms with van der Waals surface area (Å²) in [4.78, 5) is 39.2. The molecule has 0 aromatic carbocycles. The van der Waals surface area contributed by atoms with Crippen LogP contribution in [-0.2, 0) is 16.1 Å². The first-order chi connectivity index (χ1) is 9.04. The van der Waals surface area contributed by atoms with E-state index in [0.717, 1.165) is 5.75 Å². The highest BCUT2D eigenvalue weighted by Crippen LogP contribution is 2.20. The number of ether oxygens (including phenoxy) is 1. The number of nitrogens with one attached hydrogen (secondary N) is 1. The van der Waals surface area contributed by atoms with Gasteiger partial charge in [-0.05, 0) is 6.92 Å². The molecule has 1 aromatic rings. The quantitative estimate of drug-likeness (QED) is 0.602. The second-order valence-electron chi connectivity index (χ2n) is 3.98. The number of rotatable bonds is 3. The zero-order chi connectivity index (χ0) is 14.0. The van der Waals surface area contributed by atoms with Crippen molar-refractivity contribution in [1.82, 2.24) is 14.9 Å². The maximum atomic E-state index is 12.1. The molecule has 19 heavy (non-hydrogen) atoms. The van der Waals surface area contributed by atoms with Crippen molar-refractivity contribution in [3.05, 3.63) is 22.1 Å². The molecular weight excluding hydrogens is 270 g/mol. The van der Waals surface area contributed by atoms with Crippen LogP contribution in [0.1, 0.15) is 17.3 Å². The van der Waals surface area contributed by atoms with E-state index in [0.29, 0.717) is 11.7 Å². The van der Waals surface area contributed by atoms with Crippen LogP contribution >= 0.6 is 11.8 Å². The largest absolute Gasteiger partial charge is 0.467 e. The molecule has 2 rings (SSSR count). The number of amides is 1. The van der Waals surface area contributed by atoms with Crippen LogP contribution in [0.4, 0.5) is 0 Å². The number of carbonyl (C=O) groups excluding carboxylic acids is 2. The molecule has 2 heterocycles. The number of nitrogens with zero attached hydrogens (tertiary/aromatic N) is 2. The van der Waals surface area contributed by atoms with Gasteiger partial charge in [0.25, 0.3) is 11.5 Å². The van der Waals surface area contributed by atoms with Crippen LogP contribution in [0.3, 0.4) is 0 Å². The minimum absolute atomic E-state index is 0.0676. The average Bonchev–Trinajstić information content (AvgIpc) is 2.87. The molecule has 0 spiro atoms. The fourth-order valence-electron chi connectivity index (χ4n) is 1.68. The van der Waals surface area contributed by atoms with Gasteiger partial charge in [-0.2, -0.15) is 0 Å². The fraction of sp³-hybridized carbons (Fsp3) is 0.455. The average molecular weight is 283 g/mol. The van der Waals surface area contributed by atoms with Crippen molar-refractivity contribution in [2.45, 2.75) is 24.7 Å². The molecular formula is C11H13N3O4S. The number of thioether (sulfide) groups is 1. The third-order valence-electron chi connectivity index (χ3n) is 2.70. The number of methoxy groups -OCH3 is 1. The molecule has 1 aliphatic heterocycles. The van der Waals surface area contributed by atoms with Crippen molar-refractivity contribution in [2.24, 2.45) is 0 Å². The SMILES string of the molecule is COC(=O)[C@H](C)NC(=O)c1cnc2n(c1=O)CCS2. The predicted octanol–water partition coefficient (Wildman–Crippen LogP) is -0.360. The Kier molecular flexibility index (Phi) is 3.89. The van der Waals surface area contributed by atoms with E-state index in [1.165, 1.54) is 36.6 Å². The Morgan fingerprint density at radius 1 is 1.58 bits per heavy atom. The van der Waals surface area contributed by atoms with Gasteiger partial charge in [-0.15, -0.1) is 0 Å². The number of hydrogen-bond acceptors (Lipinski definition) is 6. The van der Waals surface area contributed by atoms with Gasteiger partial charge in [0, 0.05) is 18.5 Å². The lowest BCUT2D eigenvalue weighted by atomic mass is 10.2. The molecule has 0 unspecified atom stereocenters. The lowest BCUT2D eigenvalue weighted by Gasteiger charge is -2.11. The minimum atomic E-state index is -0.815. The van der Waals surface area contributed by atoms with Crippen LogP contribution in [-0.4, -0.2) is 40.3 Å². The zero-order valence-corrected chi connectivity index (χ0v) is 11.3. The van der Waals surface area contributed by atoms with Crippen molar-refractivity contribution in [3.8, 4) is 0 Å². The topological polar surface area (TPSA) is 90.3 Å². The summed E-state index contributed by atoms with van der Waals surface area (Å²) in [5.41, 5.74) is -0.452. The third-order valence-corrected chi connectivity index (χ3v) is 3.67. The molecule has 0 saturated heterocycles. The highest BCUT2D eigenvalue weighted by molar-refractivity contribution is 7.99. The first-order valence-electron chi connectivity index (χ1n) is 5.66. The molecule has 7 nitrogen and oxygen atoms in total. The summed E-state index contributed by atoms with van der Waals surface area (Å²) < 4.78 is 5.96. The number of esters is 1. The lowest BCUT2D eigenvalue weighted by molar-refractivity contribution is -0.142. The van der Waals surface area contributed by atoms with Gasteiger partial charge in [-0.3, -0.25) is 14.2 Å². The lowest BCUT2D eigenvalue weighted by Crippen LogP contribution is -2.42. The van der Waals surface area contributed by atoms with Gasteiger partial charge in [0.15, 0.2) is 5.16 Å². The van der Waals surface area contributed by atoms with Crippen LogP contribution in [0.5, 0.6) is 0 Å². The van der Waals surface area contributed by atoms with Crippen molar-refractivity contribution in [1.29, 1.82) is 0 Å². The Morgan fingerprint density at radius 3 is 3.00 bits per heavy atom. The Bertz CT molecular complexity index is 584. The van der Waals surface area contributed by atoms with Crippen molar-refractivity contribution in [3.63, 3.8) is 0 Å². The molecule has 1 aliphatic rings. The minimum Gasteiger partial charge on any atom is -0.467 e. The van der Waals surface area contributed by atoms with Gasteiger partial charge in [0.1, 0.15) is 11.6 Å². The van der Waals surface area contributed by atoms with Crippen molar-refractivity contribution in [2.75, 3.05) is 12.9 Å². The van der Waals surface area contributed by atoms with Gasteiger partial charge in [-0.25, -0.2) is 9.78 Å². The second-order valence-corrected chi connectivity index (χ2v) is 5.04. The summed E-state index contributed by atoms with van der Waals surface area (Å²) in [6.45, 7) is 2.03. The standard InChI is InChI=1S/C11H13N3O4S/c1-6(10(17)18-2)13-8(15)7-5-12-11-14(9(7)16)3-4-19-11/h5-6H,3-4H2,1-2H3,(H,13,15)/t6-/m0/s1. The molecule has 102 valence electrons. The van der Waals surface area contributed by atoms with Gasteiger partial charge in [0.2, 0.25) is 0 Å². The highest BCUT2D eigenvalue weighted by Gasteiger charge is 2.22. The van der Waals surface area contributed by atoms with Gasteiger partial charge >= 0.3 is 5.97 Å². The maximum Gasteiger partial charge on any atom is 0.328 e. The Labute approximate surface area is 113 Å². The van der Waals surface area contributed by atoms with E-state index in [4.69, 9.17) is 0 Å². The summed E-state index contributed by atoms with van der Waals surface area (Å²) in [6, 6.07) is -0.815. The summed E-state index contributed by atoms with van der Waals surface area (Å²) >= 11 is 1.47. The zero-order valence-electron chi connectivity index (χ0n) is 10.5. The van der Waals surface area contributed by atoms with E-state index < -0.39 is 17.9 Å². The number of fused-ring (bicyclic) bond motifs is 1. The van der Waals surface area contributed by atoms with E-state index >= 15 is 0 Å². The van der Waals surface area contributed by atoms with E-state index in [9.17, 15) is 14.4 Å². The van der Waals surface area contributed by atoms with Gasteiger partial charge in [0.05, 0.1) is 7.11 Å². The summed E-state index contributed by atoms with van der Waals surface area (Å²) in [5, 5.41) is 3.02. The molecule has 8 heteroatoms. The molecule has 0 fully saturated rings. The molecule has 0 radical (unpaired) electrons. The first kappa shape index (κ1) is 13.6. The summed E-state index contributed by atoms with van der Waals surface area (Å²) in [7, 11) is 1.23. The molecule has 0 aliphatic carbocycles. The molecule has 1 aromatic heterocycles. The molecule has 0 bridgehead atoms. The van der Waals surface area contributed by atoms with Gasteiger partial charge in [-0.1, -0.05) is 11.8 Å². The van der Waals surface area contributed by atoms with Crippen LogP contribution in [0, 0.1) is 0 Å². The second kappa shape index (κ2) is 5.43. The van der Waals surface area contributed by atoms with Crippen LogP contribution in [0.15, 0.2) is 16.1 Å². The summed E-state index contributed by atoms with van der Waals surface area (Å²) in [6.07, 6.45) is 1.24. The van der Waals surface area contributed by atoms with E-state index in [1.54, 1.807) is 0 Å². The van der Waals surface area contributed by atoms with Crippen molar-refractivity contribution < 1.29 is 14.3 Å². The molecule has 1 N–H and O–H groups in total. The molecule has 0 saturated carbocycles. The number of carbonyl (C=O) groups is 2. The Hall–Kier alpha value is -1.83. The van der Waals surface area contributed by atoms with Crippen molar-refractivity contribution >= 4 is 23.6 Å². The highest BCUT2D eigenvalue weighted by atomic mass is 32.2. The Balaban J connectivity index is 2.21. The predicted molar refractivity (Wildman–Crippen MR) is 68.2 cm³/mol. The van der Waals surface area contributed by atoms with E-state index in [1.807, 2.05) is 0 Å². The number of hydrogen-bond donors (Lipinski definition) is 1. The van der Waals surface area contributed by atoms with Gasteiger partial charge < -0.3 is 10.1 Å². The van der Waals surface area contributed by atoms with E-state index in [2.05, 4.69) is 15.0 Å².